The van der Waals surface area contributed by atoms with E-state index in [0.717, 1.165) is 23.5 Å². The molecule has 0 saturated heterocycles. The lowest BCUT2D eigenvalue weighted by atomic mass is 10.1. The van der Waals surface area contributed by atoms with Gasteiger partial charge < -0.3 is 9.15 Å². The number of hydrogen-bond donors (Lipinski definition) is 0. The summed E-state index contributed by atoms with van der Waals surface area (Å²) in [6.45, 7) is 0. The van der Waals surface area contributed by atoms with Crippen LogP contribution in [0.2, 0.25) is 5.22 Å². The molecule has 0 aliphatic heterocycles. The van der Waals surface area contributed by atoms with Gasteiger partial charge in [0.15, 0.2) is 5.22 Å². The summed E-state index contributed by atoms with van der Waals surface area (Å²) in [5.41, 5.74) is 1.13. The van der Waals surface area contributed by atoms with E-state index < -0.39 is 0 Å². The maximum absolute atomic E-state index is 5.75. The summed E-state index contributed by atoms with van der Waals surface area (Å²) in [4.78, 5) is 0.0892. The van der Waals surface area contributed by atoms with Gasteiger partial charge in [-0.2, -0.15) is 0 Å². The van der Waals surface area contributed by atoms with Crippen LogP contribution >= 0.6 is 27.5 Å². The summed E-state index contributed by atoms with van der Waals surface area (Å²) in [6.07, 6.45) is 0.786. The Morgan fingerprint density at radius 2 is 2.06 bits per heavy atom. The molecule has 1 heterocycles. The number of methoxy groups -OCH3 is 1. The number of rotatable bonds is 4. The third-order valence-corrected chi connectivity index (χ3v) is 3.47. The second-order valence-electron chi connectivity index (χ2n) is 3.63. The van der Waals surface area contributed by atoms with Crippen LogP contribution in [-0.4, -0.2) is 7.11 Å². The van der Waals surface area contributed by atoms with Crippen LogP contribution in [-0.2, 0) is 6.42 Å². The van der Waals surface area contributed by atoms with Crippen molar-refractivity contribution in [3.8, 4) is 5.75 Å². The molecule has 90 valence electrons. The molecule has 4 heteroatoms. The van der Waals surface area contributed by atoms with Gasteiger partial charge in [-0.25, -0.2) is 0 Å². The van der Waals surface area contributed by atoms with E-state index >= 15 is 0 Å². The molecular formula is C13H12BrClO2. The Kier molecular flexibility index (Phi) is 4.13. The van der Waals surface area contributed by atoms with E-state index in [4.69, 9.17) is 20.8 Å². The van der Waals surface area contributed by atoms with Crippen LogP contribution in [0.25, 0.3) is 0 Å². The summed E-state index contributed by atoms with van der Waals surface area (Å²) in [7, 11) is 1.67. The lowest BCUT2D eigenvalue weighted by Crippen LogP contribution is -1.97. The van der Waals surface area contributed by atoms with E-state index in [0.29, 0.717) is 5.22 Å². The minimum atomic E-state index is 0.0892. The van der Waals surface area contributed by atoms with Crippen LogP contribution in [0.3, 0.4) is 0 Å². The molecule has 0 radical (unpaired) electrons. The van der Waals surface area contributed by atoms with Crippen molar-refractivity contribution < 1.29 is 9.15 Å². The fourth-order valence-corrected chi connectivity index (χ4v) is 2.41. The van der Waals surface area contributed by atoms with Gasteiger partial charge in [0, 0.05) is 0 Å². The standard InChI is InChI=1S/C13H12BrClO2/c1-16-11-5-3-2-4-9(11)8-10(14)12-6-7-13(15)17-12/h2-7,10H,8H2,1H3. The van der Waals surface area contributed by atoms with Crippen molar-refractivity contribution in [3.05, 3.63) is 52.9 Å². The van der Waals surface area contributed by atoms with E-state index in [1.807, 2.05) is 30.3 Å². The van der Waals surface area contributed by atoms with E-state index in [2.05, 4.69) is 15.9 Å². The molecule has 2 aromatic rings. The molecule has 1 atom stereocenters. The molecule has 0 bridgehead atoms. The van der Waals surface area contributed by atoms with Crippen molar-refractivity contribution in [3.63, 3.8) is 0 Å². The Balaban J connectivity index is 2.15. The van der Waals surface area contributed by atoms with E-state index in [9.17, 15) is 0 Å². The van der Waals surface area contributed by atoms with Crippen molar-refractivity contribution in [2.45, 2.75) is 11.2 Å². The van der Waals surface area contributed by atoms with Crippen LogP contribution < -0.4 is 4.74 Å². The molecule has 1 unspecified atom stereocenters. The third-order valence-electron chi connectivity index (χ3n) is 2.49. The highest BCUT2D eigenvalue weighted by molar-refractivity contribution is 9.09. The topological polar surface area (TPSA) is 22.4 Å². The summed E-state index contributed by atoms with van der Waals surface area (Å²) in [5, 5.41) is 0.407. The first-order chi connectivity index (χ1) is 8.20. The first-order valence-electron chi connectivity index (χ1n) is 5.22. The number of halogens is 2. The molecule has 0 aliphatic rings. The van der Waals surface area contributed by atoms with Gasteiger partial charge in [-0.05, 0) is 41.8 Å². The minimum absolute atomic E-state index is 0.0892. The minimum Gasteiger partial charge on any atom is -0.496 e. The predicted molar refractivity (Wildman–Crippen MR) is 72.1 cm³/mol. The van der Waals surface area contributed by atoms with Gasteiger partial charge in [0.2, 0.25) is 0 Å². The van der Waals surface area contributed by atoms with Gasteiger partial charge in [-0.15, -0.1) is 0 Å². The fourth-order valence-electron chi connectivity index (χ4n) is 1.66. The number of furan rings is 1. The molecule has 0 spiro atoms. The average Bonchev–Trinajstić information content (AvgIpc) is 2.77. The fraction of sp³-hybridized carbons (Fsp3) is 0.231. The number of para-hydroxylation sites is 1. The number of alkyl halides is 1. The highest BCUT2D eigenvalue weighted by Crippen LogP contribution is 2.32. The SMILES string of the molecule is COc1ccccc1CC(Br)c1ccc(Cl)o1. The Bertz CT molecular complexity index is 496. The second kappa shape index (κ2) is 5.61. The van der Waals surface area contributed by atoms with Crippen LogP contribution in [0.4, 0.5) is 0 Å². The zero-order valence-corrected chi connectivity index (χ0v) is 11.7. The van der Waals surface area contributed by atoms with E-state index in [1.165, 1.54) is 0 Å². The first-order valence-corrected chi connectivity index (χ1v) is 6.51. The molecule has 2 rings (SSSR count). The lowest BCUT2D eigenvalue weighted by molar-refractivity contribution is 0.408. The monoisotopic (exact) mass is 314 g/mol. The van der Waals surface area contributed by atoms with Crippen LogP contribution in [0.5, 0.6) is 5.75 Å². The van der Waals surface area contributed by atoms with Crippen LogP contribution in [0.1, 0.15) is 16.2 Å². The molecular weight excluding hydrogens is 303 g/mol. The Morgan fingerprint density at radius 3 is 2.71 bits per heavy atom. The molecule has 0 saturated carbocycles. The highest BCUT2D eigenvalue weighted by atomic mass is 79.9. The van der Waals surface area contributed by atoms with Crippen LogP contribution in [0, 0.1) is 0 Å². The second-order valence-corrected chi connectivity index (χ2v) is 5.10. The molecule has 2 nitrogen and oxygen atoms in total. The average molecular weight is 316 g/mol. The molecule has 0 amide bonds. The third kappa shape index (κ3) is 3.05. The maximum atomic E-state index is 5.75. The quantitative estimate of drug-likeness (QED) is 0.768. The van der Waals surface area contributed by atoms with Crippen molar-refractivity contribution in [2.75, 3.05) is 7.11 Å². The Hall–Kier alpha value is -0.930. The van der Waals surface area contributed by atoms with Gasteiger partial charge in [0.25, 0.3) is 0 Å². The van der Waals surface area contributed by atoms with E-state index in [-0.39, 0.29) is 4.83 Å². The molecule has 1 aromatic carbocycles. The number of hydrogen-bond acceptors (Lipinski definition) is 2. The van der Waals surface area contributed by atoms with Crippen LogP contribution in [0.15, 0.2) is 40.8 Å². The van der Waals surface area contributed by atoms with Crippen molar-refractivity contribution in [2.24, 2.45) is 0 Å². The zero-order chi connectivity index (χ0) is 12.3. The van der Waals surface area contributed by atoms with E-state index in [1.54, 1.807) is 13.2 Å². The predicted octanol–water partition coefficient (Wildman–Crippen LogP) is 4.62. The molecule has 17 heavy (non-hydrogen) atoms. The van der Waals surface area contributed by atoms with Gasteiger partial charge in [0.05, 0.1) is 11.9 Å². The smallest absolute Gasteiger partial charge is 0.193 e. The summed E-state index contributed by atoms with van der Waals surface area (Å²) >= 11 is 9.35. The summed E-state index contributed by atoms with van der Waals surface area (Å²) < 4.78 is 10.7. The van der Waals surface area contributed by atoms with Crippen molar-refractivity contribution in [1.29, 1.82) is 0 Å². The van der Waals surface area contributed by atoms with Gasteiger partial charge >= 0.3 is 0 Å². The number of ether oxygens (including phenoxy) is 1. The lowest BCUT2D eigenvalue weighted by Gasteiger charge is -2.10. The van der Waals surface area contributed by atoms with Gasteiger partial charge in [0.1, 0.15) is 11.5 Å². The molecule has 0 N–H and O–H groups in total. The Labute approximate surface area is 114 Å². The first kappa shape index (κ1) is 12.5. The Morgan fingerprint density at radius 1 is 1.29 bits per heavy atom. The van der Waals surface area contributed by atoms with Gasteiger partial charge in [-0.1, -0.05) is 34.1 Å². The highest BCUT2D eigenvalue weighted by Gasteiger charge is 2.14. The molecule has 1 aromatic heterocycles. The zero-order valence-electron chi connectivity index (χ0n) is 9.32. The van der Waals surface area contributed by atoms with Crippen molar-refractivity contribution >= 4 is 27.5 Å². The summed E-state index contributed by atoms with van der Waals surface area (Å²) in [6, 6.07) is 11.5. The number of benzene rings is 1. The largest absolute Gasteiger partial charge is 0.496 e. The van der Waals surface area contributed by atoms with Crippen molar-refractivity contribution in [1.82, 2.24) is 0 Å². The molecule has 0 aliphatic carbocycles. The molecule has 0 fully saturated rings. The van der Waals surface area contributed by atoms with Gasteiger partial charge in [-0.3, -0.25) is 0 Å². The maximum Gasteiger partial charge on any atom is 0.193 e. The summed E-state index contributed by atoms with van der Waals surface area (Å²) in [5.74, 6) is 1.70. The normalized spacial score (nSPS) is 12.4.